The number of fused-ring (bicyclic) bond motifs is 1. The van der Waals surface area contributed by atoms with Crippen LogP contribution in [0.3, 0.4) is 0 Å². The normalized spacial score (nSPS) is 29.1. The molecule has 5 nitrogen and oxygen atoms in total. The van der Waals surface area contributed by atoms with Gasteiger partial charge in [-0.05, 0) is 6.07 Å². The van der Waals surface area contributed by atoms with Crippen molar-refractivity contribution in [2.24, 2.45) is 11.1 Å². The first-order valence-corrected chi connectivity index (χ1v) is 6.39. The summed E-state index contributed by atoms with van der Waals surface area (Å²) in [5.41, 5.74) is 0.696. The zero-order valence-electron chi connectivity index (χ0n) is 10.9. The largest absolute Gasteiger partial charge is 0.389 e. The summed E-state index contributed by atoms with van der Waals surface area (Å²) in [6.45, 7) is 1.84. The molecule has 20 heavy (non-hydrogen) atoms. The summed E-state index contributed by atoms with van der Waals surface area (Å²) in [6, 6.07) is 6.29. The Hall–Kier alpha value is -1.79. The van der Waals surface area contributed by atoms with Crippen molar-refractivity contribution in [3.8, 4) is 0 Å². The van der Waals surface area contributed by atoms with Crippen LogP contribution in [0.2, 0.25) is 0 Å². The van der Waals surface area contributed by atoms with Crippen LogP contribution in [-0.4, -0.2) is 30.8 Å². The van der Waals surface area contributed by atoms with Crippen molar-refractivity contribution in [3.63, 3.8) is 0 Å². The fourth-order valence-electron chi connectivity index (χ4n) is 2.37. The summed E-state index contributed by atoms with van der Waals surface area (Å²) in [6.07, 6.45) is -1.15. The second-order valence-electron chi connectivity index (χ2n) is 4.80. The third kappa shape index (κ3) is 2.32. The fourth-order valence-corrected chi connectivity index (χ4v) is 2.37. The SMILES string of the molecule is CC(=O)C1=NO[C@H]2CO[C@@H](c3ccccc3F)OC[C@@H]12. The van der Waals surface area contributed by atoms with Crippen LogP contribution in [0.15, 0.2) is 29.4 Å². The Labute approximate surface area is 115 Å². The first-order chi connectivity index (χ1) is 9.66. The number of carbonyl (C=O) groups excluding carboxylic acids is 1. The zero-order valence-corrected chi connectivity index (χ0v) is 10.9. The van der Waals surface area contributed by atoms with E-state index in [1.165, 1.54) is 13.0 Å². The van der Waals surface area contributed by atoms with E-state index < -0.39 is 6.29 Å². The highest BCUT2D eigenvalue weighted by molar-refractivity contribution is 6.40. The number of benzene rings is 1. The van der Waals surface area contributed by atoms with E-state index in [1.807, 2.05) is 0 Å². The molecule has 0 amide bonds. The quantitative estimate of drug-likeness (QED) is 0.828. The maximum atomic E-state index is 13.7. The van der Waals surface area contributed by atoms with Gasteiger partial charge >= 0.3 is 0 Å². The van der Waals surface area contributed by atoms with E-state index in [0.29, 0.717) is 11.3 Å². The Morgan fingerprint density at radius 1 is 1.30 bits per heavy atom. The third-order valence-electron chi connectivity index (χ3n) is 3.45. The van der Waals surface area contributed by atoms with Crippen molar-refractivity contribution in [1.29, 1.82) is 0 Å². The molecule has 2 aliphatic heterocycles. The molecule has 0 saturated carbocycles. The molecule has 0 N–H and O–H groups in total. The summed E-state index contributed by atoms with van der Waals surface area (Å²) in [4.78, 5) is 16.6. The monoisotopic (exact) mass is 279 g/mol. The molecule has 1 saturated heterocycles. The standard InChI is InChI=1S/C14H14FNO4/c1-8(17)13-10-6-18-14(19-7-12(10)20-16-13)9-4-2-3-5-11(9)15/h2-5,10,12,14H,6-7H2,1H3/t10-,12+,14+/m1/s1. The van der Waals surface area contributed by atoms with Gasteiger partial charge in [0.2, 0.25) is 0 Å². The molecular formula is C14H14FNO4. The molecule has 0 spiro atoms. The number of hydrogen-bond acceptors (Lipinski definition) is 5. The average molecular weight is 279 g/mol. The van der Waals surface area contributed by atoms with Crippen LogP contribution < -0.4 is 0 Å². The van der Waals surface area contributed by atoms with Crippen molar-refractivity contribution >= 4 is 11.5 Å². The van der Waals surface area contributed by atoms with Crippen LogP contribution in [0, 0.1) is 11.7 Å². The molecule has 106 valence electrons. The van der Waals surface area contributed by atoms with Gasteiger partial charge in [-0.3, -0.25) is 4.79 Å². The molecule has 1 fully saturated rings. The van der Waals surface area contributed by atoms with Gasteiger partial charge in [0.1, 0.15) is 11.5 Å². The molecule has 2 aliphatic rings. The predicted molar refractivity (Wildman–Crippen MR) is 67.5 cm³/mol. The van der Waals surface area contributed by atoms with Crippen molar-refractivity contribution in [2.45, 2.75) is 19.3 Å². The first kappa shape index (κ1) is 13.2. The van der Waals surface area contributed by atoms with E-state index in [2.05, 4.69) is 5.16 Å². The van der Waals surface area contributed by atoms with Crippen LogP contribution >= 0.6 is 0 Å². The topological polar surface area (TPSA) is 57.1 Å². The minimum atomic E-state index is -0.793. The van der Waals surface area contributed by atoms with Gasteiger partial charge in [0, 0.05) is 12.5 Å². The van der Waals surface area contributed by atoms with Crippen molar-refractivity contribution in [1.82, 2.24) is 0 Å². The van der Waals surface area contributed by atoms with Crippen LogP contribution in [0.25, 0.3) is 0 Å². The Balaban J connectivity index is 1.77. The summed E-state index contributed by atoms with van der Waals surface area (Å²) in [7, 11) is 0. The minimum absolute atomic E-state index is 0.148. The van der Waals surface area contributed by atoms with E-state index in [0.717, 1.165) is 0 Å². The second kappa shape index (κ2) is 5.30. The third-order valence-corrected chi connectivity index (χ3v) is 3.45. The highest BCUT2D eigenvalue weighted by Crippen LogP contribution is 2.30. The number of carbonyl (C=O) groups is 1. The van der Waals surface area contributed by atoms with Crippen molar-refractivity contribution in [2.75, 3.05) is 13.2 Å². The Morgan fingerprint density at radius 2 is 2.05 bits per heavy atom. The maximum absolute atomic E-state index is 13.7. The number of Topliss-reactive ketones (excluding diaryl/α,β-unsaturated/α-hetero) is 1. The molecule has 0 bridgehead atoms. The number of oxime groups is 1. The number of ketones is 1. The van der Waals surface area contributed by atoms with Gasteiger partial charge in [-0.2, -0.15) is 0 Å². The second-order valence-corrected chi connectivity index (χ2v) is 4.80. The first-order valence-electron chi connectivity index (χ1n) is 6.39. The van der Waals surface area contributed by atoms with Gasteiger partial charge in [0.25, 0.3) is 0 Å². The minimum Gasteiger partial charge on any atom is -0.389 e. The number of rotatable bonds is 2. The Bertz CT molecular complexity index is 560. The summed E-state index contributed by atoms with van der Waals surface area (Å²) < 4.78 is 24.9. The molecule has 0 unspecified atom stereocenters. The highest BCUT2D eigenvalue weighted by Gasteiger charge is 2.40. The average Bonchev–Trinajstić information content (AvgIpc) is 2.73. The van der Waals surface area contributed by atoms with E-state index in [9.17, 15) is 9.18 Å². The lowest BCUT2D eigenvalue weighted by Gasteiger charge is -2.16. The number of halogens is 1. The smallest absolute Gasteiger partial charge is 0.186 e. The van der Waals surface area contributed by atoms with Gasteiger partial charge in [-0.1, -0.05) is 23.4 Å². The molecule has 0 radical (unpaired) electrons. The number of hydrogen-bond donors (Lipinski definition) is 0. The van der Waals surface area contributed by atoms with E-state index in [1.54, 1.807) is 18.2 Å². The summed E-state index contributed by atoms with van der Waals surface area (Å²) in [5.74, 6) is -0.791. The van der Waals surface area contributed by atoms with Crippen LogP contribution in [0.1, 0.15) is 18.8 Å². The molecular weight excluding hydrogens is 265 g/mol. The molecule has 1 aromatic carbocycles. The summed E-state index contributed by atoms with van der Waals surface area (Å²) >= 11 is 0. The maximum Gasteiger partial charge on any atom is 0.186 e. The lowest BCUT2D eigenvalue weighted by molar-refractivity contribution is -0.141. The molecule has 0 aliphatic carbocycles. The predicted octanol–water partition coefficient (Wildman–Crippen LogP) is 1.83. The van der Waals surface area contributed by atoms with Gasteiger partial charge in [-0.15, -0.1) is 0 Å². The highest BCUT2D eigenvalue weighted by atomic mass is 19.1. The fraction of sp³-hybridized carbons (Fsp3) is 0.429. The summed E-state index contributed by atoms with van der Waals surface area (Å²) in [5, 5.41) is 3.77. The van der Waals surface area contributed by atoms with Gasteiger partial charge in [0.15, 0.2) is 18.2 Å². The van der Waals surface area contributed by atoms with E-state index in [4.69, 9.17) is 14.3 Å². The van der Waals surface area contributed by atoms with Gasteiger partial charge in [0.05, 0.1) is 19.1 Å². The Kier molecular flexibility index (Phi) is 3.50. The van der Waals surface area contributed by atoms with E-state index >= 15 is 0 Å². The van der Waals surface area contributed by atoms with Gasteiger partial charge in [-0.25, -0.2) is 4.39 Å². The molecule has 3 rings (SSSR count). The van der Waals surface area contributed by atoms with E-state index in [-0.39, 0.29) is 36.8 Å². The lowest BCUT2D eigenvalue weighted by atomic mass is 9.96. The van der Waals surface area contributed by atoms with Crippen LogP contribution in [-0.2, 0) is 19.1 Å². The number of nitrogens with zero attached hydrogens (tertiary/aromatic N) is 1. The van der Waals surface area contributed by atoms with Crippen molar-refractivity contribution in [3.05, 3.63) is 35.6 Å². The van der Waals surface area contributed by atoms with Crippen molar-refractivity contribution < 1.29 is 23.5 Å². The Morgan fingerprint density at radius 3 is 2.80 bits per heavy atom. The van der Waals surface area contributed by atoms with Gasteiger partial charge < -0.3 is 14.3 Å². The molecule has 1 aromatic rings. The molecule has 2 heterocycles. The van der Waals surface area contributed by atoms with Crippen LogP contribution in [0.4, 0.5) is 4.39 Å². The molecule has 6 heteroatoms. The zero-order chi connectivity index (χ0) is 14.1. The molecule has 3 atom stereocenters. The lowest BCUT2D eigenvalue weighted by Crippen LogP contribution is -2.31. The number of ether oxygens (including phenoxy) is 2. The van der Waals surface area contributed by atoms with Crippen LogP contribution in [0.5, 0.6) is 0 Å². The molecule has 0 aromatic heterocycles.